The molecule has 7 heteroatoms. The molecule has 3 aromatic rings. The van der Waals surface area contributed by atoms with Gasteiger partial charge in [0.1, 0.15) is 11.5 Å². The Bertz CT molecular complexity index is 1200. The highest BCUT2D eigenvalue weighted by molar-refractivity contribution is 5.94. The minimum atomic E-state index is -1.10. The monoisotopic (exact) mass is 475 g/mol. The molecule has 0 spiro atoms. The first-order chi connectivity index (χ1) is 17.3. The molecule has 1 amide bonds. The van der Waals surface area contributed by atoms with E-state index in [1.165, 1.54) is 4.90 Å². The first-order valence-electron chi connectivity index (χ1n) is 12.2. The van der Waals surface area contributed by atoms with Gasteiger partial charge in [0.2, 0.25) is 0 Å². The fourth-order valence-corrected chi connectivity index (χ4v) is 3.55. The van der Waals surface area contributed by atoms with Crippen molar-refractivity contribution in [2.75, 3.05) is 6.61 Å². The van der Waals surface area contributed by atoms with Gasteiger partial charge < -0.3 is 19.2 Å². The summed E-state index contributed by atoms with van der Waals surface area (Å²) in [5.74, 6) is -0.000579. The van der Waals surface area contributed by atoms with Crippen molar-refractivity contribution in [1.82, 2.24) is 4.90 Å². The molecule has 0 aliphatic rings. The Labute approximate surface area is 207 Å². The van der Waals surface area contributed by atoms with Crippen LogP contribution in [0.25, 0.3) is 11.3 Å². The molecule has 1 heterocycles. The third-order valence-electron chi connectivity index (χ3n) is 5.44. The normalized spacial score (nSPS) is 12.0. The van der Waals surface area contributed by atoms with E-state index in [0.717, 1.165) is 5.56 Å². The number of carboxylic acids is 1. The highest BCUT2D eigenvalue weighted by atomic mass is 16.5. The summed E-state index contributed by atoms with van der Waals surface area (Å²) < 4.78 is 20.3. The lowest BCUT2D eigenvalue weighted by Gasteiger charge is -2.28. The summed E-state index contributed by atoms with van der Waals surface area (Å²) in [6.45, 7) is 2.92. The van der Waals surface area contributed by atoms with E-state index in [1.807, 2.05) is 19.9 Å². The number of benzene rings is 2. The van der Waals surface area contributed by atoms with Crippen LogP contribution in [-0.4, -0.2) is 34.5 Å². The zero-order chi connectivity index (χ0) is 26.1. The maximum absolute atomic E-state index is 13.5. The molecule has 1 unspecified atom stereocenters. The Kier molecular flexibility index (Phi) is 8.55. The molecule has 0 radical (unpaired) electrons. The number of amides is 1. The number of ether oxygens (including phenoxy) is 1. The number of hydrogen-bond acceptors (Lipinski definition) is 5. The summed E-state index contributed by atoms with van der Waals surface area (Å²) >= 11 is 0. The summed E-state index contributed by atoms with van der Waals surface area (Å²) in [4.78, 5) is 25.6. The molecule has 3 rings (SSSR count). The van der Waals surface area contributed by atoms with Crippen molar-refractivity contribution in [2.24, 2.45) is 0 Å². The molecule has 0 aliphatic carbocycles. The van der Waals surface area contributed by atoms with E-state index in [9.17, 15) is 14.9 Å². The Morgan fingerprint density at radius 2 is 1.91 bits per heavy atom. The van der Waals surface area contributed by atoms with Crippen molar-refractivity contribution in [3.8, 4) is 23.1 Å². The van der Waals surface area contributed by atoms with Crippen molar-refractivity contribution in [3.05, 3.63) is 77.6 Å². The van der Waals surface area contributed by atoms with Crippen molar-refractivity contribution in [2.45, 2.75) is 52.1 Å². The number of nitrogens with zero attached hydrogens (tertiary/aromatic N) is 2. The van der Waals surface area contributed by atoms with Crippen molar-refractivity contribution in [1.29, 1.82) is 5.26 Å². The van der Waals surface area contributed by atoms with Gasteiger partial charge in [0.15, 0.2) is 0 Å². The quantitative estimate of drug-likeness (QED) is 0.327. The van der Waals surface area contributed by atoms with Gasteiger partial charge in [-0.15, -0.1) is 0 Å². The lowest BCUT2D eigenvalue weighted by atomic mass is 10.1. The Balaban J connectivity index is 1.79. The van der Waals surface area contributed by atoms with Crippen LogP contribution in [0.5, 0.6) is 5.75 Å². The number of aliphatic carboxylic acids is 1. The van der Waals surface area contributed by atoms with Gasteiger partial charge in [0.25, 0.3) is 5.91 Å². The number of furan rings is 1. The van der Waals surface area contributed by atoms with Crippen LogP contribution in [0.1, 0.15) is 62.4 Å². The van der Waals surface area contributed by atoms with Gasteiger partial charge in [-0.25, -0.2) is 0 Å². The van der Waals surface area contributed by atoms with Gasteiger partial charge in [-0.1, -0.05) is 12.1 Å². The number of carboxylic acid groups (broad SMARTS) is 1. The molecule has 1 atom stereocenters. The third-order valence-corrected chi connectivity index (χ3v) is 5.44. The minimum absolute atomic E-state index is 0.116. The summed E-state index contributed by atoms with van der Waals surface area (Å²) in [5.41, 5.74) is 2.08. The number of hydrogen-bond donors (Lipinski definition) is 1. The smallest absolute Gasteiger partial charge is 0.303 e. The second kappa shape index (κ2) is 12.4. The van der Waals surface area contributed by atoms with Crippen molar-refractivity contribution < 1.29 is 25.2 Å². The van der Waals surface area contributed by atoms with Gasteiger partial charge >= 0.3 is 5.97 Å². The molecule has 0 bridgehead atoms. The Hall–Kier alpha value is -4.05. The number of carbonyl (C=O) groups is 2. The molecule has 7 nitrogen and oxygen atoms in total. The second-order valence-electron chi connectivity index (χ2n) is 8.41. The van der Waals surface area contributed by atoms with E-state index in [0.29, 0.717) is 54.1 Å². The number of unbranched alkanes of at least 4 members (excludes halogenated alkanes) is 2. The second-order valence-corrected chi connectivity index (χ2v) is 8.41. The van der Waals surface area contributed by atoms with Crippen LogP contribution in [0.2, 0.25) is 0 Å². The summed E-state index contributed by atoms with van der Waals surface area (Å²) in [7, 11) is 0. The topological polar surface area (TPSA) is 104 Å². The van der Waals surface area contributed by atoms with Gasteiger partial charge in [-0.05, 0) is 75.6 Å². The van der Waals surface area contributed by atoms with Gasteiger partial charge in [-0.3, -0.25) is 9.59 Å². The van der Waals surface area contributed by atoms with E-state index in [2.05, 4.69) is 6.07 Å². The largest absolute Gasteiger partial charge is 0.493 e. The van der Waals surface area contributed by atoms with E-state index < -0.39 is 12.5 Å². The SMILES string of the molecule is [2H]C(c1cc(C#N)ccc1OCCCCCC(=O)O)N(C(=O)c1ccc(-c2ccco2)cc1)C(C)C. The number of rotatable bonds is 12. The highest BCUT2D eigenvalue weighted by Crippen LogP contribution is 2.25. The molecule has 0 saturated carbocycles. The average molecular weight is 476 g/mol. The lowest BCUT2D eigenvalue weighted by Crippen LogP contribution is -2.36. The van der Waals surface area contributed by atoms with Crippen LogP contribution in [0.4, 0.5) is 0 Å². The average Bonchev–Trinajstić information content (AvgIpc) is 3.41. The fourth-order valence-electron chi connectivity index (χ4n) is 3.55. The number of nitriles is 1. The predicted molar refractivity (Wildman–Crippen MR) is 132 cm³/mol. The van der Waals surface area contributed by atoms with E-state index in [-0.39, 0.29) is 18.4 Å². The van der Waals surface area contributed by atoms with Gasteiger partial charge in [-0.2, -0.15) is 5.26 Å². The van der Waals surface area contributed by atoms with Crippen LogP contribution in [0.3, 0.4) is 0 Å². The predicted octanol–water partition coefficient (Wildman–Crippen LogP) is 5.89. The third kappa shape index (κ3) is 7.21. The zero-order valence-electron chi connectivity index (χ0n) is 20.9. The minimum Gasteiger partial charge on any atom is -0.493 e. The highest BCUT2D eigenvalue weighted by Gasteiger charge is 2.21. The van der Waals surface area contributed by atoms with E-state index in [1.54, 1.807) is 54.8 Å². The van der Waals surface area contributed by atoms with E-state index >= 15 is 0 Å². The van der Waals surface area contributed by atoms with Gasteiger partial charge in [0, 0.05) is 35.7 Å². The molecule has 0 saturated heterocycles. The van der Waals surface area contributed by atoms with Crippen molar-refractivity contribution in [3.63, 3.8) is 0 Å². The van der Waals surface area contributed by atoms with E-state index in [4.69, 9.17) is 15.6 Å². The first-order valence-corrected chi connectivity index (χ1v) is 11.6. The standard InChI is InChI=1S/C28H30N2O5/c1-20(2)30(28(33)23-12-10-22(11-13-23)25-7-6-16-35-25)19-24-17-21(18-29)9-14-26(24)34-15-5-3-4-8-27(31)32/h6-7,9-14,16-17,20H,3-5,8,15,19H2,1-2H3,(H,31,32)/i19D. The maximum Gasteiger partial charge on any atom is 0.303 e. The fraction of sp³-hybridized carbons (Fsp3) is 0.321. The lowest BCUT2D eigenvalue weighted by molar-refractivity contribution is -0.137. The van der Waals surface area contributed by atoms with Crippen LogP contribution in [-0.2, 0) is 11.3 Å². The number of carbonyl (C=O) groups excluding carboxylic acids is 1. The van der Waals surface area contributed by atoms with Crippen molar-refractivity contribution >= 4 is 11.9 Å². The Morgan fingerprint density at radius 1 is 1.14 bits per heavy atom. The first kappa shape index (κ1) is 24.1. The molecule has 1 aromatic heterocycles. The van der Waals surface area contributed by atoms with Crippen LogP contribution in [0, 0.1) is 11.3 Å². The molecular formula is C28H30N2O5. The zero-order valence-corrected chi connectivity index (χ0v) is 19.9. The molecule has 0 aliphatic heterocycles. The molecule has 35 heavy (non-hydrogen) atoms. The summed E-state index contributed by atoms with van der Waals surface area (Å²) in [5, 5.41) is 18.2. The van der Waals surface area contributed by atoms with Gasteiger partial charge in [0.05, 0.1) is 25.9 Å². The molecule has 2 aromatic carbocycles. The molecule has 0 fully saturated rings. The Morgan fingerprint density at radius 3 is 2.54 bits per heavy atom. The van der Waals surface area contributed by atoms with Crippen LogP contribution < -0.4 is 4.74 Å². The van der Waals surface area contributed by atoms with Crippen LogP contribution >= 0.6 is 0 Å². The maximum atomic E-state index is 13.5. The summed E-state index contributed by atoms with van der Waals surface area (Å²) in [6.07, 6.45) is 3.63. The molecular weight excluding hydrogens is 444 g/mol. The van der Waals surface area contributed by atoms with Crippen LogP contribution in [0.15, 0.2) is 65.3 Å². The summed E-state index contributed by atoms with van der Waals surface area (Å²) in [6, 6.07) is 17.3. The molecule has 1 N–H and O–H groups in total. The molecule has 182 valence electrons.